The van der Waals surface area contributed by atoms with E-state index in [1.165, 1.54) is 54.0 Å². The minimum atomic E-state index is 0.364. The molecule has 24 heavy (non-hydrogen) atoms. The highest BCUT2D eigenvalue weighted by molar-refractivity contribution is 7.34. The van der Waals surface area contributed by atoms with Crippen LogP contribution in [-0.2, 0) is 0 Å². The Balaban J connectivity index is 2.32. The van der Waals surface area contributed by atoms with E-state index < -0.39 is 0 Å². The van der Waals surface area contributed by atoms with Gasteiger partial charge in [-0.2, -0.15) is 22.7 Å². The molecule has 0 bridgehead atoms. The molecule has 0 atom stereocenters. The standard InChI is InChI=1S/C21H25BS2/c1-12-8-13(2)19(14(3)9-12)22(20-17(6)15(4)10-23-20)21-18(7)16(5)11-24-21/h8-11H,1-7H3. The van der Waals surface area contributed by atoms with E-state index >= 15 is 0 Å². The summed E-state index contributed by atoms with van der Waals surface area (Å²) in [5.41, 5.74) is 11.4. The van der Waals surface area contributed by atoms with Crippen molar-refractivity contribution in [2.75, 3.05) is 0 Å². The highest BCUT2D eigenvalue weighted by Crippen LogP contribution is 2.18. The molecule has 0 saturated heterocycles. The summed E-state index contributed by atoms with van der Waals surface area (Å²) < 4.78 is 3.01. The molecule has 0 unspecified atom stereocenters. The molecule has 0 radical (unpaired) electrons. The average Bonchev–Trinajstić information content (AvgIpc) is 3.00. The molecule has 2 heterocycles. The van der Waals surface area contributed by atoms with E-state index in [0.29, 0.717) is 6.71 Å². The van der Waals surface area contributed by atoms with Crippen molar-refractivity contribution in [1.82, 2.24) is 0 Å². The summed E-state index contributed by atoms with van der Waals surface area (Å²) >= 11 is 3.84. The Morgan fingerprint density at radius 1 is 0.625 bits per heavy atom. The van der Waals surface area contributed by atoms with E-state index in [-0.39, 0.29) is 0 Å². The molecule has 0 aliphatic heterocycles. The molecule has 0 spiro atoms. The normalized spacial score (nSPS) is 11.1. The first-order chi connectivity index (χ1) is 11.3. The first-order valence-electron chi connectivity index (χ1n) is 8.48. The number of hydrogen-bond acceptors (Lipinski definition) is 2. The van der Waals surface area contributed by atoms with Gasteiger partial charge in [-0.05, 0) is 91.0 Å². The Morgan fingerprint density at radius 3 is 1.38 bits per heavy atom. The fourth-order valence-electron chi connectivity index (χ4n) is 3.64. The lowest BCUT2D eigenvalue weighted by molar-refractivity contribution is 1.35. The second-order valence-corrected chi connectivity index (χ2v) is 8.88. The zero-order chi connectivity index (χ0) is 17.6. The summed E-state index contributed by atoms with van der Waals surface area (Å²) in [6, 6.07) is 4.67. The Morgan fingerprint density at radius 2 is 1.04 bits per heavy atom. The summed E-state index contributed by atoms with van der Waals surface area (Å²) in [6.45, 7) is 16.1. The molecule has 1 aromatic carbocycles. The number of hydrogen-bond donors (Lipinski definition) is 0. The molecule has 0 aliphatic carbocycles. The smallest absolute Gasteiger partial charge is 0.157 e. The second-order valence-electron chi connectivity index (χ2n) is 7.06. The molecule has 0 saturated carbocycles. The van der Waals surface area contributed by atoms with Gasteiger partial charge < -0.3 is 0 Å². The van der Waals surface area contributed by atoms with Crippen LogP contribution in [0.4, 0.5) is 0 Å². The molecule has 0 aliphatic rings. The maximum Gasteiger partial charge on any atom is 0.267 e. The first kappa shape index (κ1) is 17.5. The maximum absolute atomic E-state index is 2.33. The van der Waals surface area contributed by atoms with Crippen molar-refractivity contribution < 1.29 is 0 Å². The molecule has 0 fully saturated rings. The van der Waals surface area contributed by atoms with E-state index in [1.807, 2.05) is 22.7 Å². The lowest BCUT2D eigenvalue weighted by Gasteiger charge is -2.20. The Bertz CT molecular complexity index is 829. The predicted octanol–water partition coefficient (Wildman–Crippen LogP) is 4.48. The van der Waals surface area contributed by atoms with Crippen molar-refractivity contribution in [1.29, 1.82) is 0 Å². The summed E-state index contributed by atoms with van der Waals surface area (Å²) in [7, 11) is 0. The minimum Gasteiger partial charge on any atom is -0.157 e. The molecular weight excluding hydrogens is 327 g/mol. The highest BCUT2D eigenvalue weighted by Gasteiger charge is 2.31. The van der Waals surface area contributed by atoms with E-state index in [9.17, 15) is 0 Å². The molecule has 3 heteroatoms. The quantitative estimate of drug-likeness (QED) is 0.610. The van der Waals surface area contributed by atoms with Crippen LogP contribution < -0.4 is 15.0 Å². The molecule has 0 N–H and O–H groups in total. The Labute approximate surface area is 154 Å². The minimum absolute atomic E-state index is 0.364. The van der Waals surface area contributed by atoms with Crippen LogP contribution in [0.2, 0.25) is 0 Å². The maximum atomic E-state index is 2.33. The molecule has 3 aromatic rings. The zero-order valence-electron chi connectivity index (χ0n) is 15.7. The third-order valence-electron chi connectivity index (χ3n) is 5.20. The molecule has 0 amide bonds. The fourth-order valence-corrected chi connectivity index (χ4v) is 6.10. The lowest BCUT2D eigenvalue weighted by atomic mass is 9.40. The van der Waals surface area contributed by atoms with Crippen LogP contribution in [0.1, 0.15) is 38.9 Å². The van der Waals surface area contributed by atoms with Crippen molar-refractivity contribution in [3.63, 3.8) is 0 Å². The van der Waals surface area contributed by atoms with Gasteiger partial charge in [0.1, 0.15) is 0 Å². The van der Waals surface area contributed by atoms with Crippen LogP contribution in [0, 0.1) is 48.5 Å². The Kier molecular flexibility index (Phi) is 4.77. The van der Waals surface area contributed by atoms with Gasteiger partial charge in [0.2, 0.25) is 0 Å². The molecule has 3 rings (SSSR count). The van der Waals surface area contributed by atoms with E-state index in [0.717, 1.165) is 0 Å². The third kappa shape index (κ3) is 2.89. The summed E-state index contributed by atoms with van der Waals surface area (Å²) in [6.07, 6.45) is 0. The van der Waals surface area contributed by atoms with Crippen LogP contribution in [0.15, 0.2) is 22.9 Å². The van der Waals surface area contributed by atoms with Gasteiger partial charge in [0.25, 0.3) is 6.71 Å². The summed E-state index contributed by atoms with van der Waals surface area (Å²) in [5.74, 6) is 0. The van der Waals surface area contributed by atoms with E-state index in [4.69, 9.17) is 0 Å². The van der Waals surface area contributed by atoms with Crippen LogP contribution in [-0.4, -0.2) is 6.71 Å². The monoisotopic (exact) mass is 352 g/mol. The molecule has 124 valence electrons. The lowest BCUT2D eigenvalue weighted by Crippen LogP contribution is -2.53. The van der Waals surface area contributed by atoms with Crippen molar-refractivity contribution in [3.8, 4) is 0 Å². The molecule has 0 nitrogen and oxygen atoms in total. The number of thiophene rings is 2. The SMILES string of the molecule is Cc1cc(C)c(B(c2scc(C)c2C)c2scc(C)c2C)c(C)c1. The highest BCUT2D eigenvalue weighted by atomic mass is 32.1. The zero-order valence-corrected chi connectivity index (χ0v) is 17.3. The Hall–Kier alpha value is -1.32. The third-order valence-corrected chi connectivity index (χ3v) is 7.73. The van der Waals surface area contributed by atoms with Crippen molar-refractivity contribution in [2.45, 2.75) is 48.5 Å². The van der Waals surface area contributed by atoms with Gasteiger partial charge in [0.15, 0.2) is 0 Å². The second kappa shape index (κ2) is 6.53. The van der Waals surface area contributed by atoms with Crippen molar-refractivity contribution >= 4 is 44.4 Å². The van der Waals surface area contributed by atoms with E-state index in [1.54, 1.807) is 0 Å². The molecule has 2 aromatic heterocycles. The first-order valence-corrected chi connectivity index (χ1v) is 10.2. The topological polar surface area (TPSA) is 0 Å². The van der Waals surface area contributed by atoms with Gasteiger partial charge in [-0.1, -0.05) is 34.3 Å². The summed E-state index contributed by atoms with van der Waals surface area (Å²) in [4.78, 5) is 0. The van der Waals surface area contributed by atoms with Crippen molar-refractivity contribution in [2.24, 2.45) is 0 Å². The van der Waals surface area contributed by atoms with Crippen LogP contribution in [0.3, 0.4) is 0 Å². The van der Waals surface area contributed by atoms with E-state index in [2.05, 4.69) is 71.4 Å². The van der Waals surface area contributed by atoms with Crippen LogP contribution >= 0.6 is 22.7 Å². The molecular formula is C21H25BS2. The summed E-state index contributed by atoms with van der Waals surface area (Å²) in [5, 5.41) is 4.62. The van der Waals surface area contributed by atoms with Gasteiger partial charge in [-0.15, -0.1) is 0 Å². The van der Waals surface area contributed by atoms with Gasteiger partial charge in [-0.25, -0.2) is 0 Å². The number of rotatable bonds is 3. The van der Waals surface area contributed by atoms with Crippen molar-refractivity contribution in [3.05, 3.63) is 61.8 Å². The number of aryl methyl sites for hydroxylation is 5. The van der Waals surface area contributed by atoms with Gasteiger partial charge in [0.05, 0.1) is 0 Å². The largest absolute Gasteiger partial charge is 0.267 e. The van der Waals surface area contributed by atoms with Crippen LogP contribution in [0.25, 0.3) is 0 Å². The van der Waals surface area contributed by atoms with Gasteiger partial charge in [-0.3, -0.25) is 0 Å². The van der Waals surface area contributed by atoms with Gasteiger partial charge in [0, 0.05) is 0 Å². The number of benzene rings is 1. The average molecular weight is 352 g/mol. The van der Waals surface area contributed by atoms with Crippen LogP contribution in [0.5, 0.6) is 0 Å². The fraction of sp³-hybridized carbons (Fsp3) is 0.333. The van der Waals surface area contributed by atoms with Gasteiger partial charge >= 0.3 is 0 Å². The predicted molar refractivity (Wildman–Crippen MR) is 113 cm³/mol.